The fraction of sp³-hybridized carbons (Fsp3) is 0.185. The standard InChI is InChI=1S/C27H25FN2O3/c1-17(2)33-23-13-11-20(12-14-23)24-25(29-22-6-4-5-21(28)15-22)27(32)30(26(24)31)16-19-9-7-18(3)8-10-19/h4-15,17,29H,16H2,1-3H3. The van der Waals surface area contributed by atoms with Crippen molar-refractivity contribution in [1.29, 1.82) is 0 Å². The van der Waals surface area contributed by atoms with Crippen LogP contribution in [0.25, 0.3) is 5.57 Å². The van der Waals surface area contributed by atoms with Crippen LogP contribution in [0.1, 0.15) is 30.5 Å². The molecule has 0 aromatic heterocycles. The lowest BCUT2D eigenvalue weighted by Crippen LogP contribution is -2.32. The second kappa shape index (κ2) is 9.28. The number of nitrogens with zero attached hydrogens (tertiary/aromatic N) is 1. The number of amides is 2. The van der Waals surface area contributed by atoms with E-state index in [1.807, 2.05) is 45.0 Å². The molecule has 0 spiro atoms. The molecular weight excluding hydrogens is 419 g/mol. The summed E-state index contributed by atoms with van der Waals surface area (Å²) in [5, 5.41) is 2.98. The van der Waals surface area contributed by atoms with Crippen molar-refractivity contribution in [3.8, 4) is 5.75 Å². The lowest BCUT2D eigenvalue weighted by Gasteiger charge is -2.15. The largest absolute Gasteiger partial charge is 0.491 e. The quantitative estimate of drug-likeness (QED) is 0.502. The van der Waals surface area contributed by atoms with Crippen molar-refractivity contribution in [1.82, 2.24) is 4.90 Å². The van der Waals surface area contributed by atoms with Crippen LogP contribution in [0, 0.1) is 12.7 Å². The average Bonchev–Trinajstić information content (AvgIpc) is 3.00. The molecule has 168 valence electrons. The summed E-state index contributed by atoms with van der Waals surface area (Å²) in [7, 11) is 0. The van der Waals surface area contributed by atoms with E-state index in [9.17, 15) is 14.0 Å². The van der Waals surface area contributed by atoms with Crippen LogP contribution in [-0.4, -0.2) is 22.8 Å². The third-order valence-electron chi connectivity index (χ3n) is 5.24. The summed E-state index contributed by atoms with van der Waals surface area (Å²) in [6.07, 6.45) is 0.0139. The fourth-order valence-electron chi connectivity index (χ4n) is 3.66. The van der Waals surface area contributed by atoms with Gasteiger partial charge in [0.2, 0.25) is 0 Å². The Bertz CT molecular complexity index is 1210. The Morgan fingerprint density at radius 3 is 2.27 bits per heavy atom. The van der Waals surface area contributed by atoms with Gasteiger partial charge in [0.1, 0.15) is 17.3 Å². The SMILES string of the molecule is Cc1ccc(CN2C(=O)C(Nc3cccc(F)c3)=C(c3ccc(OC(C)C)cc3)C2=O)cc1. The maximum Gasteiger partial charge on any atom is 0.278 e. The molecule has 0 atom stereocenters. The first-order chi connectivity index (χ1) is 15.8. The Morgan fingerprint density at radius 2 is 1.64 bits per heavy atom. The molecule has 0 radical (unpaired) electrons. The highest BCUT2D eigenvalue weighted by molar-refractivity contribution is 6.36. The van der Waals surface area contributed by atoms with Crippen molar-refractivity contribution >= 4 is 23.1 Å². The first-order valence-corrected chi connectivity index (χ1v) is 10.8. The highest BCUT2D eigenvalue weighted by atomic mass is 19.1. The number of carbonyl (C=O) groups is 2. The Balaban J connectivity index is 1.71. The number of nitrogens with one attached hydrogen (secondary N) is 1. The van der Waals surface area contributed by atoms with Gasteiger partial charge in [-0.3, -0.25) is 14.5 Å². The Labute approximate surface area is 192 Å². The first kappa shape index (κ1) is 22.3. The molecule has 1 heterocycles. The zero-order valence-corrected chi connectivity index (χ0v) is 18.8. The number of benzene rings is 3. The predicted octanol–water partition coefficient (Wildman–Crippen LogP) is 5.31. The summed E-state index contributed by atoms with van der Waals surface area (Å²) in [5.41, 5.74) is 3.27. The monoisotopic (exact) mass is 444 g/mol. The van der Waals surface area contributed by atoms with E-state index in [-0.39, 0.29) is 23.9 Å². The van der Waals surface area contributed by atoms with E-state index in [4.69, 9.17) is 4.74 Å². The molecule has 3 aromatic carbocycles. The second-order valence-corrected chi connectivity index (χ2v) is 8.26. The predicted molar refractivity (Wildman–Crippen MR) is 126 cm³/mol. The van der Waals surface area contributed by atoms with E-state index in [0.717, 1.165) is 11.1 Å². The Morgan fingerprint density at radius 1 is 0.939 bits per heavy atom. The van der Waals surface area contributed by atoms with Crippen molar-refractivity contribution < 1.29 is 18.7 Å². The molecule has 2 amide bonds. The number of hydrogen-bond acceptors (Lipinski definition) is 4. The number of ether oxygens (including phenoxy) is 1. The molecule has 0 unspecified atom stereocenters. The topological polar surface area (TPSA) is 58.6 Å². The van der Waals surface area contributed by atoms with Gasteiger partial charge in [-0.05, 0) is 62.2 Å². The maximum atomic E-state index is 13.7. The number of anilines is 1. The van der Waals surface area contributed by atoms with Gasteiger partial charge in [-0.2, -0.15) is 0 Å². The number of hydrogen-bond donors (Lipinski definition) is 1. The molecule has 0 saturated heterocycles. The van der Waals surface area contributed by atoms with Gasteiger partial charge in [-0.1, -0.05) is 48.0 Å². The molecule has 5 nitrogen and oxygen atoms in total. The highest BCUT2D eigenvalue weighted by Crippen LogP contribution is 2.32. The van der Waals surface area contributed by atoms with E-state index < -0.39 is 17.6 Å². The third kappa shape index (κ3) is 4.95. The van der Waals surface area contributed by atoms with Crippen LogP contribution >= 0.6 is 0 Å². The molecule has 1 aliphatic rings. The normalized spacial score (nSPS) is 13.8. The smallest absolute Gasteiger partial charge is 0.278 e. The molecule has 3 aromatic rings. The van der Waals surface area contributed by atoms with Crippen LogP contribution in [0.3, 0.4) is 0 Å². The van der Waals surface area contributed by atoms with Gasteiger partial charge in [0.15, 0.2) is 0 Å². The Hall–Kier alpha value is -3.93. The summed E-state index contributed by atoms with van der Waals surface area (Å²) in [5.74, 6) is -0.632. The lowest BCUT2D eigenvalue weighted by atomic mass is 10.0. The van der Waals surface area contributed by atoms with Gasteiger partial charge < -0.3 is 10.1 Å². The average molecular weight is 445 g/mol. The highest BCUT2D eigenvalue weighted by Gasteiger charge is 2.39. The van der Waals surface area contributed by atoms with E-state index >= 15 is 0 Å². The minimum absolute atomic E-state index is 0.0139. The van der Waals surface area contributed by atoms with Gasteiger partial charge in [-0.15, -0.1) is 0 Å². The second-order valence-electron chi connectivity index (χ2n) is 8.26. The molecule has 0 bridgehead atoms. The molecular formula is C27H25FN2O3. The molecule has 0 fully saturated rings. The van der Waals surface area contributed by atoms with Gasteiger partial charge in [0, 0.05) is 5.69 Å². The number of aryl methyl sites for hydroxylation is 1. The molecule has 33 heavy (non-hydrogen) atoms. The minimum Gasteiger partial charge on any atom is -0.491 e. The molecule has 0 saturated carbocycles. The van der Waals surface area contributed by atoms with Crippen LogP contribution in [0.4, 0.5) is 10.1 Å². The van der Waals surface area contributed by atoms with Crippen LogP contribution in [0.5, 0.6) is 5.75 Å². The molecule has 1 N–H and O–H groups in total. The minimum atomic E-state index is -0.456. The van der Waals surface area contributed by atoms with Gasteiger partial charge in [0.25, 0.3) is 11.8 Å². The number of imide groups is 1. The zero-order chi connectivity index (χ0) is 23.5. The van der Waals surface area contributed by atoms with Crippen LogP contribution in [-0.2, 0) is 16.1 Å². The van der Waals surface area contributed by atoms with Crippen LogP contribution < -0.4 is 10.1 Å². The van der Waals surface area contributed by atoms with E-state index in [1.54, 1.807) is 36.4 Å². The van der Waals surface area contributed by atoms with Crippen LogP contribution in [0.15, 0.2) is 78.5 Å². The number of carbonyl (C=O) groups excluding carboxylic acids is 2. The summed E-state index contributed by atoms with van der Waals surface area (Å²) in [6, 6.07) is 20.5. The fourth-order valence-corrected chi connectivity index (χ4v) is 3.66. The molecule has 1 aliphatic heterocycles. The van der Waals surface area contributed by atoms with Crippen molar-refractivity contribution in [2.75, 3.05) is 5.32 Å². The Kier molecular flexibility index (Phi) is 6.27. The van der Waals surface area contributed by atoms with E-state index in [2.05, 4.69) is 5.32 Å². The molecule has 4 rings (SSSR count). The number of halogens is 1. The van der Waals surface area contributed by atoms with Crippen molar-refractivity contribution in [2.45, 2.75) is 33.4 Å². The third-order valence-corrected chi connectivity index (χ3v) is 5.24. The number of rotatable bonds is 7. The zero-order valence-electron chi connectivity index (χ0n) is 18.8. The van der Waals surface area contributed by atoms with Gasteiger partial charge in [-0.25, -0.2) is 4.39 Å². The lowest BCUT2D eigenvalue weighted by molar-refractivity contribution is -0.137. The van der Waals surface area contributed by atoms with Crippen LogP contribution in [0.2, 0.25) is 0 Å². The van der Waals surface area contributed by atoms with Crippen molar-refractivity contribution in [2.24, 2.45) is 0 Å². The maximum absolute atomic E-state index is 13.7. The summed E-state index contributed by atoms with van der Waals surface area (Å²) < 4.78 is 19.4. The summed E-state index contributed by atoms with van der Waals surface area (Å²) in [4.78, 5) is 28.0. The van der Waals surface area contributed by atoms with Gasteiger partial charge >= 0.3 is 0 Å². The van der Waals surface area contributed by atoms with Crippen molar-refractivity contribution in [3.05, 3.63) is 101 Å². The van der Waals surface area contributed by atoms with Gasteiger partial charge in [0.05, 0.1) is 18.2 Å². The summed E-state index contributed by atoms with van der Waals surface area (Å²) in [6.45, 7) is 5.98. The summed E-state index contributed by atoms with van der Waals surface area (Å²) >= 11 is 0. The molecule has 6 heteroatoms. The molecule has 0 aliphatic carbocycles. The van der Waals surface area contributed by atoms with E-state index in [0.29, 0.717) is 17.0 Å². The van der Waals surface area contributed by atoms with Crippen molar-refractivity contribution in [3.63, 3.8) is 0 Å². The van der Waals surface area contributed by atoms with E-state index in [1.165, 1.54) is 17.0 Å². The first-order valence-electron chi connectivity index (χ1n) is 10.8.